The van der Waals surface area contributed by atoms with Crippen molar-refractivity contribution in [3.63, 3.8) is 0 Å². The summed E-state index contributed by atoms with van der Waals surface area (Å²) in [6.07, 6.45) is 0. The number of hydrogen-bond donors (Lipinski definition) is 1. The summed E-state index contributed by atoms with van der Waals surface area (Å²) in [7, 11) is 0. The number of carbonyl (C=O) groups is 1. The smallest absolute Gasteiger partial charge is 0.259 e. The molecule has 0 bridgehead atoms. The number of nitrogens with one attached hydrogen (secondary N) is 1. The van der Waals surface area contributed by atoms with E-state index in [9.17, 15) is 4.79 Å². The van der Waals surface area contributed by atoms with Gasteiger partial charge >= 0.3 is 0 Å². The van der Waals surface area contributed by atoms with Gasteiger partial charge in [-0.3, -0.25) is 10.1 Å². The molecule has 0 radical (unpaired) electrons. The molecule has 0 saturated heterocycles. The third-order valence-corrected chi connectivity index (χ3v) is 4.89. The average molecular weight is 375 g/mol. The van der Waals surface area contributed by atoms with Crippen molar-refractivity contribution in [2.75, 3.05) is 5.32 Å². The van der Waals surface area contributed by atoms with Gasteiger partial charge in [0.25, 0.3) is 5.91 Å². The molecule has 5 nitrogen and oxygen atoms in total. The fourth-order valence-corrected chi connectivity index (χ4v) is 3.55. The number of aryl methyl sites for hydroxylation is 2. The number of rotatable bonds is 4. The summed E-state index contributed by atoms with van der Waals surface area (Å²) in [6, 6.07) is 7.29. The number of benzene rings is 1. The predicted octanol–water partition coefficient (Wildman–Crippen LogP) is 4.97. The summed E-state index contributed by atoms with van der Waals surface area (Å²) in [5.41, 5.74) is 4.06. The Kier molecular flexibility index (Phi) is 4.92. The Morgan fingerprint density at radius 2 is 2.04 bits per heavy atom. The largest absolute Gasteiger partial charge is 0.298 e. The first-order chi connectivity index (χ1) is 11.8. The third-order valence-electron chi connectivity index (χ3n) is 3.78. The van der Waals surface area contributed by atoms with E-state index in [0.717, 1.165) is 22.8 Å². The molecule has 3 rings (SSSR count). The van der Waals surface area contributed by atoms with E-state index >= 15 is 0 Å². The van der Waals surface area contributed by atoms with Crippen LogP contribution in [-0.4, -0.2) is 20.7 Å². The lowest BCUT2D eigenvalue weighted by Crippen LogP contribution is -2.13. The highest BCUT2D eigenvalue weighted by Gasteiger charge is 2.15. The van der Waals surface area contributed by atoms with Crippen molar-refractivity contribution in [3.05, 3.63) is 57.3 Å². The van der Waals surface area contributed by atoms with E-state index in [4.69, 9.17) is 11.6 Å². The maximum atomic E-state index is 12.6. The van der Waals surface area contributed by atoms with Gasteiger partial charge in [-0.25, -0.2) is 9.67 Å². The molecule has 0 aliphatic carbocycles. The zero-order valence-corrected chi connectivity index (χ0v) is 16.1. The highest BCUT2D eigenvalue weighted by molar-refractivity contribution is 7.14. The maximum Gasteiger partial charge on any atom is 0.259 e. The lowest BCUT2D eigenvalue weighted by atomic mass is 10.2. The molecule has 0 aliphatic heterocycles. The monoisotopic (exact) mass is 374 g/mol. The fourth-order valence-electron chi connectivity index (χ4n) is 2.48. The second-order valence-electron chi connectivity index (χ2n) is 6.19. The molecule has 1 amide bonds. The second-order valence-corrected chi connectivity index (χ2v) is 7.45. The minimum Gasteiger partial charge on any atom is -0.298 e. The quantitative estimate of drug-likeness (QED) is 0.700. The van der Waals surface area contributed by atoms with Crippen molar-refractivity contribution in [2.45, 2.75) is 33.6 Å². The van der Waals surface area contributed by atoms with Crippen LogP contribution in [0.25, 0.3) is 5.69 Å². The van der Waals surface area contributed by atoms with E-state index in [2.05, 4.69) is 29.2 Å². The van der Waals surface area contributed by atoms with Crippen LogP contribution in [0.4, 0.5) is 5.13 Å². The standard InChI is InChI=1S/C18H19ClN4OS/c1-10(2)16-9-25-18(20-16)21-17(24)14-8-13(5-6-15(14)19)23-12(4)7-11(3)22-23/h5-10H,1-4H3,(H,20,21,24). The van der Waals surface area contributed by atoms with Gasteiger partial charge in [-0.05, 0) is 44.0 Å². The van der Waals surface area contributed by atoms with Gasteiger partial charge in [0.15, 0.2) is 5.13 Å². The normalized spacial score (nSPS) is 11.1. The summed E-state index contributed by atoms with van der Waals surface area (Å²) in [4.78, 5) is 17.1. The first kappa shape index (κ1) is 17.6. The Hall–Kier alpha value is -2.18. The fraction of sp³-hybridized carbons (Fsp3) is 0.278. The van der Waals surface area contributed by atoms with Crippen LogP contribution in [0, 0.1) is 13.8 Å². The first-order valence-corrected chi connectivity index (χ1v) is 9.21. The van der Waals surface area contributed by atoms with Crippen LogP contribution < -0.4 is 5.32 Å². The number of aromatic nitrogens is 3. The number of hydrogen-bond acceptors (Lipinski definition) is 4. The van der Waals surface area contributed by atoms with E-state index in [1.165, 1.54) is 11.3 Å². The molecular formula is C18H19ClN4OS. The number of amides is 1. The van der Waals surface area contributed by atoms with Crippen LogP contribution in [0.2, 0.25) is 5.02 Å². The van der Waals surface area contributed by atoms with Gasteiger partial charge in [-0.15, -0.1) is 11.3 Å². The van der Waals surface area contributed by atoms with E-state index in [1.807, 2.05) is 31.4 Å². The van der Waals surface area contributed by atoms with Crippen LogP contribution in [-0.2, 0) is 0 Å². The van der Waals surface area contributed by atoms with E-state index in [1.54, 1.807) is 16.8 Å². The Labute approximate surface area is 155 Å². The molecule has 1 aromatic carbocycles. The van der Waals surface area contributed by atoms with Crippen molar-refractivity contribution in [2.24, 2.45) is 0 Å². The highest BCUT2D eigenvalue weighted by Crippen LogP contribution is 2.25. The summed E-state index contributed by atoms with van der Waals surface area (Å²) in [5.74, 6) is 0.0397. The van der Waals surface area contributed by atoms with Crippen LogP contribution in [0.15, 0.2) is 29.6 Å². The SMILES string of the molecule is Cc1cc(C)n(-c2ccc(Cl)c(C(=O)Nc3nc(C(C)C)cs3)c2)n1. The molecule has 0 aliphatic rings. The molecule has 0 saturated carbocycles. The van der Waals surface area contributed by atoms with Crippen molar-refractivity contribution < 1.29 is 4.79 Å². The van der Waals surface area contributed by atoms with Crippen LogP contribution >= 0.6 is 22.9 Å². The Balaban J connectivity index is 1.89. The molecular weight excluding hydrogens is 356 g/mol. The maximum absolute atomic E-state index is 12.6. The number of thiazole rings is 1. The Morgan fingerprint density at radius 1 is 1.28 bits per heavy atom. The van der Waals surface area contributed by atoms with Gasteiger partial charge in [-0.2, -0.15) is 5.10 Å². The van der Waals surface area contributed by atoms with Crippen LogP contribution in [0.3, 0.4) is 0 Å². The topological polar surface area (TPSA) is 59.8 Å². The predicted molar refractivity (Wildman–Crippen MR) is 102 cm³/mol. The summed E-state index contributed by atoms with van der Waals surface area (Å²) in [6.45, 7) is 8.03. The van der Waals surface area contributed by atoms with Crippen molar-refractivity contribution in [3.8, 4) is 5.69 Å². The minimum absolute atomic E-state index is 0.280. The molecule has 0 atom stereocenters. The lowest BCUT2D eigenvalue weighted by Gasteiger charge is -2.09. The van der Waals surface area contributed by atoms with Crippen molar-refractivity contribution in [1.29, 1.82) is 0 Å². The third kappa shape index (κ3) is 3.75. The van der Waals surface area contributed by atoms with Gasteiger partial charge < -0.3 is 0 Å². The second kappa shape index (κ2) is 6.98. The minimum atomic E-state index is -0.280. The molecule has 130 valence electrons. The van der Waals surface area contributed by atoms with Crippen molar-refractivity contribution >= 4 is 34.0 Å². The zero-order chi connectivity index (χ0) is 18.1. The number of anilines is 1. The molecule has 2 heterocycles. The van der Waals surface area contributed by atoms with Gasteiger partial charge in [0.2, 0.25) is 0 Å². The number of halogens is 1. The van der Waals surface area contributed by atoms with Crippen molar-refractivity contribution in [1.82, 2.24) is 14.8 Å². The zero-order valence-electron chi connectivity index (χ0n) is 14.5. The first-order valence-electron chi connectivity index (χ1n) is 7.95. The summed E-state index contributed by atoms with van der Waals surface area (Å²) in [5, 5.41) is 10.2. The summed E-state index contributed by atoms with van der Waals surface area (Å²) < 4.78 is 1.79. The van der Waals surface area contributed by atoms with Crippen LogP contribution in [0.1, 0.15) is 47.2 Å². The van der Waals surface area contributed by atoms with E-state index in [-0.39, 0.29) is 5.91 Å². The van der Waals surface area contributed by atoms with Gasteiger partial charge in [-0.1, -0.05) is 25.4 Å². The molecule has 2 aromatic heterocycles. The molecule has 0 spiro atoms. The summed E-state index contributed by atoms with van der Waals surface area (Å²) >= 11 is 7.65. The molecule has 0 fully saturated rings. The number of nitrogens with zero attached hydrogens (tertiary/aromatic N) is 3. The Morgan fingerprint density at radius 3 is 2.64 bits per heavy atom. The lowest BCUT2D eigenvalue weighted by molar-refractivity contribution is 0.102. The molecule has 25 heavy (non-hydrogen) atoms. The van der Waals surface area contributed by atoms with E-state index < -0.39 is 0 Å². The average Bonchev–Trinajstić information content (AvgIpc) is 3.14. The molecule has 0 unspecified atom stereocenters. The highest BCUT2D eigenvalue weighted by atomic mass is 35.5. The van der Waals surface area contributed by atoms with Gasteiger partial charge in [0.05, 0.1) is 27.7 Å². The Bertz CT molecular complexity index is 929. The molecule has 3 aromatic rings. The van der Waals surface area contributed by atoms with Gasteiger partial charge in [0.1, 0.15) is 0 Å². The van der Waals surface area contributed by atoms with E-state index in [0.29, 0.717) is 21.6 Å². The van der Waals surface area contributed by atoms with Crippen LogP contribution in [0.5, 0.6) is 0 Å². The number of carbonyl (C=O) groups excluding carboxylic acids is 1. The molecule has 1 N–H and O–H groups in total. The molecule has 7 heteroatoms. The van der Waals surface area contributed by atoms with Gasteiger partial charge in [0, 0.05) is 11.1 Å².